The summed E-state index contributed by atoms with van der Waals surface area (Å²) >= 11 is 5.73. The van der Waals surface area contributed by atoms with Crippen LogP contribution in [0.25, 0.3) is 0 Å². The zero-order valence-electron chi connectivity index (χ0n) is 11.6. The molecular formula is C12H23ClN2O3. The quantitative estimate of drug-likeness (QED) is 0.529. The van der Waals surface area contributed by atoms with Crippen molar-refractivity contribution in [1.82, 2.24) is 10.2 Å². The summed E-state index contributed by atoms with van der Waals surface area (Å²) in [6.45, 7) is 4.72. The summed E-state index contributed by atoms with van der Waals surface area (Å²) in [6, 6.07) is 0. The molecule has 0 rings (SSSR count). The van der Waals surface area contributed by atoms with Crippen LogP contribution in [0, 0.1) is 5.41 Å². The van der Waals surface area contributed by atoms with E-state index >= 15 is 0 Å². The molecule has 0 aromatic rings. The van der Waals surface area contributed by atoms with E-state index in [0.717, 1.165) is 6.42 Å². The number of ether oxygens (including phenoxy) is 1. The third-order valence-electron chi connectivity index (χ3n) is 2.49. The summed E-state index contributed by atoms with van der Waals surface area (Å²) in [5, 5.41) is 2.73. The van der Waals surface area contributed by atoms with Gasteiger partial charge in [0.15, 0.2) is 0 Å². The van der Waals surface area contributed by atoms with Crippen LogP contribution in [0.2, 0.25) is 0 Å². The molecule has 0 spiro atoms. The van der Waals surface area contributed by atoms with E-state index in [1.807, 2.05) is 0 Å². The fraction of sp³-hybridized carbons (Fsp3) is 0.833. The summed E-state index contributed by atoms with van der Waals surface area (Å²) in [5.41, 5.74) is -0.646. The molecule has 0 bridgehead atoms. The molecule has 0 aliphatic heterocycles. The first-order valence-corrected chi connectivity index (χ1v) is 6.45. The number of nitrogens with zero attached hydrogens (tertiary/aromatic N) is 1. The number of carbonyl (C=O) groups is 2. The van der Waals surface area contributed by atoms with Crippen molar-refractivity contribution in [2.45, 2.75) is 20.3 Å². The molecule has 6 heteroatoms. The Balaban J connectivity index is 4.04. The van der Waals surface area contributed by atoms with Crippen LogP contribution in [0.5, 0.6) is 0 Å². The van der Waals surface area contributed by atoms with Crippen LogP contribution in [0.3, 0.4) is 0 Å². The number of hydrogen-bond donors (Lipinski definition) is 1. The van der Waals surface area contributed by atoms with Crippen LogP contribution < -0.4 is 5.32 Å². The molecule has 1 N–H and O–H groups in total. The van der Waals surface area contributed by atoms with Crippen molar-refractivity contribution >= 4 is 23.4 Å². The Labute approximate surface area is 114 Å². The van der Waals surface area contributed by atoms with Crippen molar-refractivity contribution in [3.05, 3.63) is 0 Å². The van der Waals surface area contributed by atoms with Gasteiger partial charge in [-0.3, -0.25) is 9.59 Å². The minimum atomic E-state index is -0.646. The maximum absolute atomic E-state index is 11.9. The summed E-state index contributed by atoms with van der Waals surface area (Å²) in [7, 11) is 3.22. The first kappa shape index (κ1) is 17.2. The number of alkyl halides is 1. The number of rotatable bonds is 8. The predicted octanol–water partition coefficient (Wildman–Crippen LogP) is 0.863. The molecule has 18 heavy (non-hydrogen) atoms. The highest BCUT2D eigenvalue weighted by molar-refractivity contribution is 6.19. The number of carbonyl (C=O) groups excluding carboxylic acids is 2. The molecule has 0 aliphatic rings. The number of methoxy groups -OCH3 is 1. The lowest BCUT2D eigenvalue weighted by molar-refractivity contribution is -0.141. The topological polar surface area (TPSA) is 58.6 Å². The van der Waals surface area contributed by atoms with Gasteiger partial charge in [0.05, 0.1) is 12.0 Å². The van der Waals surface area contributed by atoms with E-state index in [2.05, 4.69) is 5.32 Å². The number of hydrogen-bond acceptors (Lipinski definition) is 3. The third-order valence-corrected chi connectivity index (χ3v) is 3.16. The van der Waals surface area contributed by atoms with Gasteiger partial charge in [-0.2, -0.15) is 0 Å². The van der Waals surface area contributed by atoms with Crippen LogP contribution in [-0.4, -0.2) is 56.4 Å². The van der Waals surface area contributed by atoms with Crippen LogP contribution >= 0.6 is 11.6 Å². The summed E-state index contributed by atoms with van der Waals surface area (Å²) < 4.78 is 4.87. The fourth-order valence-electron chi connectivity index (χ4n) is 1.36. The Bertz CT molecular complexity index is 282. The Hall–Kier alpha value is -0.810. The van der Waals surface area contributed by atoms with Crippen LogP contribution in [0.4, 0.5) is 0 Å². The molecule has 106 valence electrons. The van der Waals surface area contributed by atoms with E-state index in [1.54, 1.807) is 28.0 Å². The number of amides is 2. The van der Waals surface area contributed by atoms with Crippen molar-refractivity contribution in [2.75, 3.05) is 39.7 Å². The first-order valence-electron chi connectivity index (χ1n) is 5.92. The van der Waals surface area contributed by atoms with Gasteiger partial charge in [0.1, 0.15) is 0 Å². The zero-order chi connectivity index (χ0) is 14.2. The van der Waals surface area contributed by atoms with Gasteiger partial charge in [-0.25, -0.2) is 0 Å². The molecule has 0 heterocycles. The molecule has 0 aliphatic carbocycles. The van der Waals surface area contributed by atoms with Gasteiger partial charge in [0, 0.05) is 33.2 Å². The summed E-state index contributed by atoms with van der Waals surface area (Å²) in [5.74, 6) is -0.0806. The minimum absolute atomic E-state index is 0.0478. The van der Waals surface area contributed by atoms with E-state index in [4.69, 9.17) is 16.3 Å². The zero-order valence-corrected chi connectivity index (χ0v) is 12.3. The third kappa shape index (κ3) is 6.21. The van der Waals surface area contributed by atoms with Crippen molar-refractivity contribution in [3.63, 3.8) is 0 Å². The lowest BCUT2D eigenvalue weighted by atomic mass is 9.94. The average molecular weight is 279 g/mol. The largest absolute Gasteiger partial charge is 0.385 e. The standard InChI is InChI=1S/C12H23ClN2O3/c1-12(2,9-13)11(17)15(3)8-10(16)14-6-5-7-18-4/h5-9H2,1-4H3,(H,14,16). The molecule has 0 unspecified atom stereocenters. The van der Waals surface area contributed by atoms with Crippen LogP contribution in [0.1, 0.15) is 20.3 Å². The summed E-state index contributed by atoms with van der Waals surface area (Å²) in [6.07, 6.45) is 0.757. The molecule has 0 radical (unpaired) electrons. The van der Waals surface area contributed by atoms with Crippen molar-refractivity contribution < 1.29 is 14.3 Å². The molecule has 0 aromatic heterocycles. The first-order chi connectivity index (χ1) is 8.35. The van der Waals surface area contributed by atoms with Crippen LogP contribution in [-0.2, 0) is 14.3 Å². The maximum atomic E-state index is 11.9. The van der Waals surface area contributed by atoms with E-state index in [0.29, 0.717) is 13.2 Å². The highest BCUT2D eigenvalue weighted by Crippen LogP contribution is 2.19. The molecule has 0 fully saturated rings. The second-order valence-corrected chi connectivity index (χ2v) is 5.14. The molecule has 0 saturated heterocycles. The van der Waals surface area contributed by atoms with Gasteiger partial charge in [-0.05, 0) is 20.3 Å². The molecular weight excluding hydrogens is 256 g/mol. The second kappa shape index (κ2) is 8.32. The molecule has 0 atom stereocenters. The van der Waals surface area contributed by atoms with E-state index < -0.39 is 5.41 Å². The van der Waals surface area contributed by atoms with Crippen molar-refractivity contribution in [2.24, 2.45) is 5.41 Å². The number of likely N-dealkylation sites (N-methyl/N-ethyl adjacent to an activating group) is 1. The monoisotopic (exact) mass is 278 g/mol. The fourth-order valence-corrected chi connectivity index (χ4v) is 1.48. The molecule has 5 nitrogen and oxygen atoms in total. The van der Waals surface area contributed by atoms with Gasteiger partial charge in [0.25, 0.3) is 0 Å². The maximum Gasteiger partial charge on any atom is 0.239 e. The SMILES string of the molecule is COCCCNC(=O)CN(C)C(=O)C(C)(C)CCl. The minimum Gasteiger partial charge on any atom is -0.385 e. The Morgan fingerprint density at radius 3 is 2.50 bits per heavy atom. The smallest absolute Gasteiger partial charge is 0.239 e. The van der Waals surface area contributed by atoms with Gasteiger partial charge in [0.2, 0.25) is 11.8 Å². The summed E-state index contributed by atoms with van der Waals surface area (Å²) in [4.78, 5) is 24.9. The number of halogens is 1. The van der Waals surface area contributed by atoms with Crippen LogP contribution in [0.15, 0.2) is 0 Å². The van der Waals surface area contributed by atoms with E-state index in [1.165, 1.54) is 4.90 Å². The predicted molar refractivity (Wildman–Crippen MR) is 71.6 cm³/mol. The highest BCUT2D eigenvalue weighted by atomic mass is 35.5. The lowest BCUT2D eigenvalue weighted by Gasteiger charge is -2.27. The normalized spacial score (nSPS) is 11.2. The van der Waals surface area contributed by atoms with E-state index in [-0.39, 0.29) is 24.2 Å². The molecule has 0 aromatic carbocycles. The van der Waals surface area contributed by atoms with Gasteiger partial charge in [-0.1, -0.05) is 0 Å². The van der Waals surface area contributed by atoms with Crippen molar-refractivity contribution in [1.29, 1.82) is 0 Å². The van der Waals surface area contributed by atoms with Gasteiger partial charge < -0.3 is 15.0 Å². The Morgan fingerprint density at radius 2 is 2.00 bits per heavy atom. The van der Waals surface area contributed by atoms with Gasteiger partial charge in [-0.15, -0.1) is 11.6 Å². The van der Waals surface area contributed by atoms with Crippen molar-refractivity contribution in [3.8, 4) is 0 Å². The second-order valence-electron chi connectivity index (χ2n) is 4.88. The highest BCUT2D eigenvalue weighted by Gasteiger charge is 2.30. The lowest BCUT2D eigenvalue weighted by Crippen LogP contribution is -2.44. The van der Waals surface area contributed by atoms with E-state index in [9.17, 15) is 9.59 Å². The van der Waals surface area contributed by atoms with Gasteiger partial charge >= 0.3 is 0 Å². The Morgan fingerprint density at radius 1 is 1.39 bits per heavy atom. The average Bonchev–Trinajstić information content (AvgIpc) is 2.33. The number of nitrogens with one attached hydrogen (secondary N) is 1. The molecule has 0 saturated carbocycles. The Kier molecular flexibility index (Phi) is 7.95. The molecule has 2 amide bonds.